The predicted molar refractivity (Wildman–Crippen MR) is 60.7 cm³/mol. The van der Waals surface area contributed by atoms with Gasteiger partial charge in [0.05, 0.1) is 0 Å². The van der Waals surface area contributed by atoms with E-state index in [1.54, 1.807) is 0 Å². The van der Waals surface area contributed by atoms with Crippen LogP contribution in [-0.4, -0.2) is 9.95 Å². The normalized spacial score (nSPS) is 9.85. The number of aldehydes is 1. The molecule has 0 unspecified atom stereocenters. The second kappa shape index (κ2) is 6.30. The minimum absolute atomic E-state index is 0.333. The highest BCUT2D eigenvalue weighted by atomic mass is 35.5. The van der Waals surface area contributed by atoms with Crippen molar-refractivity contribution in [1.29, 1.82) is 0 Å². The van der Waals surface area contributed by atoms with Gasteiger partial charge in [-0.05, 0) is 6.92 Å². The van der Waals surface area contributed by atoms with E-state index in [0.717, 1.165) is 0 Å². The van der Waals surface area contributed by atoms with Gasteiger partial charge in [-0.3, -0.25) is 4.79 Å². The Kier molecular flexibility index (Phi) is 6.21. The van der Waals surface area contributed by atoms with Crippen LogP contribution in [0.1, 0.15) is 5.56 Å². The molecule has 0 aliphatic carbocycles. The summed E-state index contributed by atoms with van der Waals surface area (Å²) < 4.78 is -1.50. The van der Waals surface area contributed by atoms with Crippen LogP contribution < -0.4 is 0 Å². The van der Waals surface area contributed by atoms with Crippen molar-refractivity contribution in [3.63, 3.8) is 0 Å². The fourth-order valence-electron chi connectivity index (χ4n) is 0.534. The molecule has 4 heteroatoms. The Morgan fingerprint density at radius 3 is 1.85 bits per heavy atom. The van der Waals surface area contributed by atoms with E-state index < -0.39 is 3.67 Å². The Morgan fingerprint density at radius 1 is 1.31 bits per heavy atom. The molecule has 0 amide bonds. The lowest BCUT2D eigenvalue weighted by molar-refractivity contribution is -0.106. The number of carbonyl (C=O) groups excluding carboxylic acids is 1. The van der Waals surface area contributed by atoms with Crippen molar-refractivity contribution in [3.05, 3.63) is 35.9 Å². The van der Waals surface area contributed by atoms with Crippen molar-refractivity contribution in [2.75, 3.05) is 0 Å². The molecule has 0 spiro atoms. The van der Waals surface area contributed by atoms with Gasteiger partial charge >= 0.3 is 0 Å². The third-order valence-corrected chi connectivity index (χ3v) is 1.37. The Morgan fingerprint density at radius 2 is 1.69 bits per heavy atom. The van der Waals surface area contributed by atoms with E-state index in [9.17, 15) is 4.79 Å². The van der Waals surface area contributed by atoms with Gasteiger partial charge in [0.1, 0.15) is 0 Å². The van der Waals surface area contributed by atoms with Crippen LogP contribution in [0.15, 0.2) is 30.3 Å². The first-order valence-electron chi connectivity index (χ1n) is 3.54. The molecule has 0 N–H and O–H groups in total. The molecule has 1 aromatic carbocycles. The number of aryl methyl sites for hydroxylation is 1. The zero-order valence-electron chi connectivity index (χ0n) is 7.08. The summed E-state index contributed by atoms with van der Waals surface area (Å²) in [4.78, 5) is 9.49. The molecule has 0 bridgehead atoms. The third-order valence-electron chi connectivity index (χ3n) is 1.08. The van der Waals surface area contributed by atoms with E-state index in [2.05, 4.69) is 31.7 Å². The number of hydrogen-bond donors (Lipinski definition) is 1. The minimum atomic E-state index is -1.50. The zero-order valence-corrected chi connectivity index (χ0v) is 9.48. The van der Waals surface area contributed by atoms with Gasteiger partial charge in [-0.15, -0.1) is 12.6 Å². The van der Waals surface area contributed by atoms with E-state index in [-0.39, 0.29) is 0 Å². The number of thiol groups is 1. The molecule has 1 aromatic rings. The fraction of sp³-hybridized carbons (Fsp3) is 0.222. The zero-order chi connectivity index (χ0) is 10.3. The van der Waals surface area contributed by atoms with Crippen molar-refractivity contribution in [3.8, 4) is 0 Å². The molecule has 0 aliphatic heterocycles. The molecule has 0 atom stereocenters. The van der Waals surface area contributed by atoms with Gasteiger partial charge in [0, 0.05) is 0 Å². The number of hydrogen-bond acceptors (Lipinski definition) is 2. The van der Waals surface area contributed by atoms with E-state index in [1.165, 1.54) is 5.56 Å². The minimum Gasteiger partial charge on any atom is -0.299 e. The van der Waals surface area contributed by atoms with Crippen LogP contribution >= 0.6 is 35.8 Å². The van der Waals surface area contributed by atoms with Gasteiger partial charge in [-0.25, -0.2) is 0 Å². The van der Waals surface area contributed by atoms with Crippen LogP contribution in [0.2, 0.25) is 0 Å². The first-order valence-corrected chi connectivity index (χ1v) is 4.74. The van der Waals surface area contributed by atoms with Gasteiger partial charge in [-0.2, -0.15) is 0 Å². The summed E-state index contributed by atoms with van der Waals surface area (Å²) in [7, 11) is 0. The highest BCUT2D eigenvalue weighted by molar-refractivity contribution is 7.86. The van der Waals surface area contributed by atoms with Gasteiger partial charge < -0.3 is 0 Å². The second-order valence-corrected chi connectivity index (χ2v) is 4.98. The van der Waals surface area contributed by atoms with Crippen LogP contribution in [0.3, 0.4) is 0 Å². The van der Waals surface area contributed by atoms with Gasteiger partial charge in [0.25, 0.3) is 0 Å². The molecule has 0 aromatic heterocycles. The van der Waals surface area contributed by atoms with Crippen LogP contribution in [-0.2, 0) is 4.79 Å². The van der Waals surface area contributed by atoms with Gasteiger partial charge in [-0.1, -0.05) is 59.1 Å². The molecule has 0 saturated carbocycles. The topological polar surface area (TPSA) is 17.1 Å². The van der Waals surface area contributed by atoms with Crippen LogP contribution in [0.5, 0.6) is 0 Å². The molecule has 13 heavy (non-hydrogen) atoms. The van der Waals surface area contributed by atoms with Crippen LogP contribution in [0.25, 0.3) is 0 Å². The lowest BCUT2D eigenvalue weighted by Crippen LogP contribution is -2.01. The van der Waals surface area contributed by atoms with E-state index in [1.807, 2.05) is 18.2 Å². The van der Waals surface area contributed by atoms with Crippen LogP contribution in [0.4, 0.5) is 0 Å². The van der Waals surface area contributed by atoms with Crippen molar-refractivity contribution in [1.82, 2.24) is 0 Å². The molecule has 0 fully saturated rings. The first kappa shape index (κ1) is 12.8. The predicted octanol–water partition coefficient (Wildman–Crippen LogP) is 3.24. The molecule has 1 nitrogen and oxygen atoms in total. The van der Waals surface area contributed by atoms with Gasteiger partial charge in [0.2, 0.25) is 3.67 Å². The fourth-order valence-corrected chi connectivity index (χ4v) is 0.534. The van der Waals surface area contributed by atoms with Crippen LogP contribution in [0, 0.1) is 6.92 Å². The molecule has 0 heterocycles. The number of alkyl halides is 2. The Labute approximate surface area is 93.5 Å². The van der Waals surface area contributed by atoms with E-state index in [0.29, 0.717) is 6.29 Å². The largest absolute Gasteiger partial charge is 0.299 e. The van der Waals surface area contributed by atoms with Gasteiger partial charge in [0.15, 0.2) is 6.29 Å². The molecular formula is C9H10Cl2OS. The molecule has 72 valence electrons. The highest BCUT2D eigenvalue weighted by Gasteiger charge is 2.13. The maximum atomic E-state index is 9.49. The van der Waals surface area contributed by atoms with Crippen molar-refractivity contribution in [2.45, 2.75) is 10.6 Å². The monoisotopic (exact) mass is 236 g/mol. The smallest absolute Gasteiger partial charge is 0.215 e. The maximum Gasteiger partial charge on any atom is 0.215 e. The summed E-state index contributed by atoms with van der Waals surface area (Å²) in [6.07, 6.45) is 0.333. The molecular weight excluding hydrogens is 227 g/mol. The van der Waals surface area contributed by atoms with E-state index in [4.69, 9.17) is 23.2 Å². The summed E-state index contributed by atoms with van der Waals surface area (Å²) >= 11 is 13.4. The van der Waals surface area contributed by atoms with Crippen molar-refractivity contribution < 1.29 is 4.79 Å². The lowest BCUT2D eigenvalue weighted by Gasteiger charge is -1.95. The SMILES string of the molecule is Cc1ccccc1.O=CC(S)(Cl)Cl. The average Bonchev–Trinajstić information content (AvgIpc) is 2.06. The third kappa shape index (κ3) is 9.74. The summed E-state index contributed by atoms with van der Waals surface area (Å²) in [5.74, 6) is 0. The lowest BCUT2D eigenvalue weighted by atomic mass is 10.2. The summed E-state index contributed by atoms with van der Waals surface area (Å²) in [6.45, 7) is 2.08. The Bertz CT molecular complexity index is 244. The first-order chi connectivity index (χ1) is 5.95. The summed E-state index contributed by atoms with van der Waals surface area (Å²) in [6, 6.07) is 10.3. The summed E-state index contributed by atoms with van der Waals surface area (Å²) in [5, 5.41) is 0. The number of halogens is 2. The molecule has 0 aliphatic rings. The van der Waals surface area contributed by atoms with Crippen molar-refractivity contribution >= 4 is 42.1 Å². The molecule has 0 radical (unpaired) electrons. The standard InChI is InChI=1S/C7H8.C2H2Cl2OS/c1-7-5-3-2-4-6-7;3-2(4,6)1-5/h2-6H,1H3;1,6H. The molecule has 1 rings (SSSR count). The van der Waals surface area contributed by atoms with Crippen molar-refractivity contribution in [2.24, 2.45) is 0 Å². The Balaban J connectivity index is 0.000000226. The number of rotatable bonds is 1. The Hall–Kier alpha value is -0.180. The van der Waals surface area contributed by atoms with E-state index >= 15 is 0 Å². The number of carbonyl (C=O) groups is 1. The quantitative estimate of drug-likeness (QED) is 0.450. The maximum absolute atomic E-state index is 9.49. The molecule has 0 saturated heterocycles. The second-order valence-electron chi connectivity index (χ2n) is 2.36. The highest BCUT2D eigenvalue weighted by Crippen LogP contribution is 2.20. The average molecular weight is 237 g/mol. The number of benzene rings is 1. The summed E-state index contributed by atoms with van der Waals surface area (Å²) in [5.41, 5.74) is 1.32.